The zero-order valence-electron chi connectivity index (χ0n) is 22.3. The summed E-state index contributed by atoms with van der Waals surface area (Å²) in [7, 11) is 0. The second-order valence-corrected chi connectivity index (χ2v) is 10.4. The number of carbonyl (C=O) groups is 2. The van der Waals surface area contributed by atoms with E-state index in [1.165, 1.54) is 28.9 Å². The van der Waals surface area contributed by atoms with Crippen LogP contribution in [0.25, 0.3) is 0 Å². The molecule has 2 aromatic carbocycles. The molecule has 0 saturated carbocycles. The smallest absolute Gasteiger partial charge is 0.253 e. The van der Waals surface area contributed by atoms with Crippen molar-refractivity contribution in [3.05, 3.63) is 65.2 Å². The number of benzene rings is 2. The van der Waals surface area contributed by atoms with E-state index in [0.717, 1.165) is 39.0 Å². The Morgan fingerprint density at radius 2 is 1.74 bits per heavy atom. The van der Waals surface area contributed by atoms with Gasteiger partial charge < -0.3 is 30.1 Å². The number of β-amino-alcohol motifs (C(OH)–C–C–N with tert-alkyl or cyclic N) is 2. The van der Waals surface area contributed by atoms with Gasteiger partial charge in [-0.25, -0.2) is 0 Å². The van der Waals surface area contributed by atoms with E-state index in [9.17, 15) is 19.8 Å². The molecular weight excluding hydrogens is 482 g/mol. The fraction of sp³-hybridized carbons (Fsp3) is 0.533. The highest BCUT2D eigenvalue weighted by Crippen LogP contribution is 2.29. The lowest BCUT2D eigenvalue weighted by atomic mass is 9.88. The predicted octanol–water partition coefficient (Wildman–Crippen LogP) is 2.93. The number of nitrogens with zero attached hydrogens (tertiary/aromatic N) is 2. The number of hydrogen-bond acceptors (Lipinski definition) is 6. The van der Waals surface area contributed by atoms with Crippen molar-refractivity contribution < 1.29 is 24.5 Å². The maximum Gasteiger partial charge on any atom is 0.253 e. The average molecular weight is 524 g/mol. The van der Waals surface area contributed by atoms with Crippen LogP contribution in [0.3, 0.4) is 0 Å². The SMILES string of the molecule is CCCCNCc1cccc(C2CCN(C(=O)c3cccc(OCCC(=O)N4C[C@@H](O)[C@@H](O)C4)c3)CC2)c1. The molecule has 2 heterocycles. The Morgan fingerprint density at radius 1 is 1.00 bits per heavy atom. The van der Waals surface area contributed by atoms with Crippen LogP contribution in [0.1, 0.15) is 66.4 Å². The highest BCUT2D eigenvalue weighted by Gasteiger charge is 2.32. The maximum atomic E-state index is 13.2. The normalized spacial score (nSPS) is 20.1. The van der Waals surface area contributed by atoms with Crippen LogP contribution in [0.15, 0.2) is 48.5 Å². The lowest BCUT2D eigenvalue weighted by Gasteiger charge is -2.32. The van der Waals surface area contributed by atoms with Gasteiger partial charge in [0.25, 0.3) is 5.91 Å². The van der Waals surface area contributed by atoms with Gasteiger partial charge in [0.2, 0.25) is 5.91 Å². The number of hydrogen-bond donors (Lipinski definition) is 3. The minimum Gasteiger partial charge on any atom is -0.493 e. The van der Waals surface area contributed by atoms with Crippen LogP contribution in [0.4, 0.5) is 0 Å². The number of ether oxygens (including phenoxy) is 1. The Labute approximate surface area is 225 Å². The van der Waals surface area contributed by atoms with Crippen molar-refractivity contribution in [1.29, 1.82) is 0 Å². The van der Waals surface area contributed by atoms with Crippen LogP contribution in [0.5, 0.6) is 5.75 Å². The molecule has 206 valence electrons. The van der Waals surface area contributed by atoms with E-state index in [2.05, 4.69) is 36.5 Å². The van der Waals surface area contributed by atoms with Gasteiger partial charge in [-0.2, -0.15) is 0 Å². The van der Waals surface area contributed by atoms with Crippen molar-refractivity contribution in [2.75, 3.05) is 39.3 Å². The van der Waals surface area contributed by atoms with Crippen molar-refractivity contribution in [2.45, 2.75) is 63.7 Å². The number of likely N-dealkylation sites (tertiary alicyclic amines) is 2. The quantitative estimate of drug-likeness (QED) is 0.392. The van der Waals surface area contributed by atoms with Gasteiger partial charge in [0.1, 0.15) is 5.75 Å². The molecular formula is C30H41N3O5. The third-order valence-electron chi connectivity index (χ3n) is 7.52. The van der Waals surface area contributed by atoms with Gasteiger partial charge in [-0.05, 0) is 61.1 Å². The van der Waals surface area contributed by atoms with E-state index >= 15 is 0 Å². The molecule has 2 amide bonds. The van der Waals surface area contributed by atoms with Gasteiger partial charge in [0.05, 0.1) is 25.2 Å². The number of unbranched alkanes of at least 4 members (excludes halogenated alkanes) is 1. The second-order valence-electron chi connectivity index (χ2n) is 10.4. The molecule has 2 aliphatic rings. The molecule has 0 aromatic heterocycles. The van der Waals surface area contributed by atoms with Crippen LogP contribution in [-0.2, 0) is 11.3 Å². The molecule has 2 saturated heterocycles. The van der Waals surface area contributed by atoms with Crippen molar-refractivity contribution >= 4 is 11.8 Å². The zero-order valence-corrected chi connectivity index (χ0v) is 22.3. The zero-order chi connectivity index (χ0) is 26.9. The number of piperidine rings is 1. The standard InChI is InChI=1S/C30H41N3O5/c1-2-3-13-31-19-22-6-4-7-24(17-22)23-10-14-32(15-11-23)30(37)25-8-5-9-26(18-25)38-16-12-29(36)33-20-27(34)28(35)21-33/h4-9,17-18,23,27-28,31,34-35H,2-3,10-16,19-21H2,1H3/t27-,28+. The summed E-state index contributed by atoms with van der Waals surface area (Å²) >= 11 is 0. The first-order valence-corrected chi connectivity index (χ1v) is 13.9. The molecule has 4 rings (SSSR count). The van der Waals surface area contributed by atoms with E-state index in [1.807, 2.05) is 4.90 Å². The summed E-state index contributed by atoms with van der Waals surface area (Å²) < 4.78 is 5.75. The van der Waals surface area contributed by atoms with Crippen LogP contribution in [0.2, 0.25) is 0 Å². The van der Waals surface area contributed by atoms with Gasteiger partial charge in [-0.15, -0.1) is 0 Å². The molecule has 0 unspecified atom stereocenters. The third kappa shape index (κ3) is 7.56. The van der Waals surface area contributed by atoms with Gasteiger partial charge in [0.15, 0.2) is 0 Å². The van der Waals surface area contributed by atoms with E-state index in [-0.39, 0.29) is 37.9 Å². The lowest BCUT2D eigenvalue weighted by molar-refractivity contribution is -0.131. The van der Waals surface area contributed by atoms with E-state index in [0.29, 0.717) is 17.2 Å². The highest BCUT2D eigenvalue weighted by molar-refractivity contribution is 5.94. The van der Waals surface area contributed by atoms with Gasteiger partial charge in [0, 0.05) is 38.3 Å². The number of aliphatic hydroxyl groups is 2. The van der Waals surface area contributed by atoms with Crippen LogP contribution in [-0.4, -0.2) is 83.4 Å². The number of carbonyl (C=O) groups excluding carboxylic acids is 2. The first kappa shape index (κ1) is 28.1. The van der Waals surface area contributed by atoms with E-state index in [1.54, 1.807) is 24.3 Å². The molecule has 38 heavy (non-hydrogen) atoms. The van der Waals surface area contributed by atoms with Crippen LogP contribution < -0.4 is 10.1 Å². The summed E-state index contributed by atoms with van der Waals surface area (Å²) in [5.74, 6) is 0.831. The number of rotatable bonds is 11. The lowest BCUT2D eigenvalue weighted by Crippen LogP contribution is -2.37. The Bertz CT molecular complexity index is 1060. The Hall–Kier alpha value is -2.94. The molecule has 2 aliphatic heterocycles. The minimum atomic E-state index is -0.893. The minimum absolute atomic E-state index is 0.00102. The monoisotopic (exact) mass is 523 g/mol. The molecule has 0 aliphatic carbocycles. The Balaban J connectivity index is 1.24. The second kappa shape index (κ2) is 13.7. The predicted molar refractivity (Wildman–Crippen MR) is 146 cm³/mol. The molecule has 3 N–H and O–H groups in total. The first-order valence-electron chi connectivity index (χ1n) is 13.9. The maximum absolute atomic E-state index is 13.2. The van der Waals surface area contributed by atoms with Crippen molar-refractivity contribution in [1.82, 2.24) is 15.1 Å². The molecule has 2 atom stereocenters. The van der Waals surface area contributed by atoms with Crippen LogP contribution in [0, 0.1) is 0 Å². The largest absolute Gasteiger partial charge is 0.493 e. The molecule has 8 heteroatoms. The van der Waals surface area contributed by atoms with Gasteiger partial charge in [-0.1, -0.05) is 43.7 Å². The Morgan fingerprint density at radius 3 is 2.47 bits per heavy atom. The molecule has 8 nitrogen and oxygen atoms in total. The van der Waals surface area contributed by atoms with Crippen LogP contribution >= 0.6 is 0 Å². The van der Waals surface area contributed by atoms with E-state index in [4.69, 9.17) is 4.74 Å². The number of aliphatic hydroxyl groups excluding tert-OH is 2. The highest BCUT2D eigenvalue weighted by atomic mass is 16.5. The topological polar surface area (TPSA) is 102 Å². The molecule has 0 bridgehead atoms. The molecule has 0 spiro atoms. The fourth-order valence-electron chi connectivity index (χ4n) is 5.20. The van der Waals surface area contributed by atoms with Crippen molar-refractivity contribution in [3.63, 3.8) is 0 Å². The van der Waals surface area contributed by atoms with Crippen molar-refractivity contribution in [3.8, 4) is 5.75 Å². The van der Waals surface area contributed by atoms with Gasteiger partial charge >= 0.3 is 0 Å². The summed E-state index contributed by atoms with van der Waals surface area (Å²) in [6.07, 6.45) is 2.62. The summed E-state index contributed by atoms with van der Waals surface area (Å²) in [6.45, 7) is 6.02. The molecule has 2 aromatic rings. The molecule has 2 fully saturated rings. The summed E-state index contributed by atoms with van der Waals surface area (Å²) in [5, 5.41) is 22.8. The summed E-state index contributed by atoms with van der Waals surface area (Å²) in [6, 6.07) is 15.9. The molecule has 0 radical (unpaired) electrons. The van der Waals surface area contributed by atoms with E-state index < -0.39 is 12.2 Å². The average Bonchev–Trinajstić information content (AvgIpc) is 3.29. The fourth-order valence-corrected chi connectivity index (χ4v) is 5.20. The summed E-state index contributed by atoms with van der Waals surface area (Å²) in [4.78, 5) is 28.8. The van der Waals surface area contributed by atoms with Gasteiger partial charge in [-0.3, -0.25) is 9.59 Å². The first-order chi connectivity index (χ1) is 18.4. The number of amides is 2. The summed E-state index contributed by atoms with van der Waals surface area (Å²) in [5.41, 5.74) is 3.25. The van der Waals surface area contributed by atoms with Crippen molar-refractivity contribution in [2.24, 2.45) is 0 Å². The third-order valence-corrected chi connectivity index (χ3v) is 7.52. The number of nitrogens with one attached hydrogen (secondary N) is 1. The Kier molecular flexibility index (Phi) is 10.1.